The van der Waals surface area contributed by atoms with Crippen molar-refractivity contribution >= 4 is 23.4 Å². The van der Waals surface area contributed by atoms with Crippen LogP contribution in [0.25, 0.3) is 0 Å². The van der Waals surface area contributed by atoms with E-state index in [9.17, 15) is 9.59 Å². The Labute approximate surface area is 163 Å². The monoisotopic (exact) mass is 375 g/mol. The van der Waals surface area contributed by atoms with Gasteiger partial charge in [0.25, 0.3) is 0 Å². The maximum absolute atomic E-state index is 12.6. The second-order valence-corrected chi connectivity index (χ2v) is 6.03. The first-order chi connectivity index (χ1) is 13.7. The number of amides is 2. The van der Waals surface area contributed by atoms with E-state index in [4.69, 9.17) is 4.74 Å². The van der Waals surface area contributed by atoms with Crippen LogP contribution in [0.4, 0.5) is 16.2 Å². The molecule has 6 heteroatoms. The van der Waals surface area contributed by atoms with Crippen molar-refractivity contribution in [3.8, 4) is 0 Å². The minimum Gasteiger partial charge on any atom is -0.456 e. The van der Waals surface area contributed by atoms with Gasteiger partial charge >= 0.3 is 12.0 Å². The Bertz CT molecular complexity index is 936. The first-order valence-corrected chi connectivity index (χ1v) is 8.81. The number of nitrogens with zero attached hydrogens (tertiary/aromatic N) is 1. The van der Waals surface area contributed by atoms with Crippen LogP contribution >= 0.6 is 0 Å². The summed E-state index contributed by atoms with van der Waals surface area (Å²) < 4.78 is 5.31. The number of para-hydroxylation sites is 1. The highest BCUT2D eigenvalue weighted by molar-refractivity contribution is 6.02. The molecule has 1 heterocycles. The molecule has 2 N–H and O–H groups in total. The zero-order chi connectivity index (χ0) is 19.8. The molecular weight excluding hydrogens is 354 g/mol. The Balaban J connectivity index is 1.67. The van der Waals surface area contributed by atoms with Gasteiger partial charge in [0.1, 0.15) is 12.3 Å². The Hall–Kier alpha value is -3.80. The van der Waals surface area contributed by atoms with Gasteiger partial charge in [-0.1, -0.05) is 54.6 Å². The lowest BCUT2D eigenvalue weighted by atomic mass is 10.2. The number of hydrogen-bond donors (Lipinski definition) is 2. The van der Waals surface area contributed by atoms with Crippen LogP contribution < -0.4 is 10.2 Å². The number of aromatic amines is 1. The number of urea groups is 1. The Morgan fingerprint density at radius 2 is 1.75 bits per heavy atom. The maximum Gasteiger partial charge on any atom is 0.355 e. The van der Waals surface area contributed by atoms with Crippen molar-refractivity contribution in [2.75, 3.05) is 16.8 Å². The van der Waals surface area contributed by atoms with Crippen molar-refractivity contribution in [3.05, 3.63) is 96.8 Å². The van der Waals surface area contributed by atoms with E-state index in [1.54, 1.807) is 30.5 Å². The van der Waals surface area contributed by atoms with Crippen molar-refractivity contribution in [2.24, 2.45) is 0 Å². The molecule has 3 rings (SSSR count). The van der Waals surface area contributed by atoms with Crippen LogP contribution in [-0.4, -0.2) is 23.5 Å². The molecule has 0 saturated heterocycles. The molecule has 28 heavy (non-hydrogen) atoms. The van der Waals surface area contributed by atoms with Gasteiger partial charge in [0.05, 0.1) is 5.69 Å². The molecule has 0 aliphatic carbocycles. The highest BCUT2D eigenvalue weighted by atomic mass is 16.5. The fourth-order valence-corrected chi connectivity index (χ4v) is 2.60. The van der Waals surface area contributed by atoms with Crippen LogP contribution in [0.3, 0.4) is 0 Å². The number of carbonyl (C=O) groups is 2. The van der Waals surface area contributed by atoms with Gasteiger partial charge in [-0.15, -0.1) is 6.58 Å². The van der Waals surface area contributed by atoms with Gasteiger partial charge in [-0.05, 0) is 23.8 Å². The molecule has 0 aliphatic heterocycles. The molecule has 2 amide bonds. The minimum absolute atomic E-state index is 0.179. The van der Waals surface area contributed by atoms with Crippen molar-refractivity contribution < 1.29 is 14.3 Å². The van der Waals surface area contributed by atoms with E-state index >= 15 is 0 Å². The van der Waals surface area contributed by atoms with E-state index in [0.29, 0.717) is 11.4 Å². The summed E-state index contributed by atoms with van der Waals surface area (Å²) in [7, 11) is 0. The Morgan fingerprint density at radius 1 is 1.07 bits per heavy atom. The predicted octanol–water partition coefficient (Wildman–Crippen LogP) is 4.60. The summed E-state index contributed by atoms with van der Waals surface area (Å²) in [4.78, 5) is 29.3. The summed E-state index contributed by atoms with van der Waals surface area (Å²) in [5.74, 6) is -0.489. The van der Waals surface area contributed by atoms with Crippen molar-refractivity contribution in [2.45, 2.75) is 6.61 Å². The van der Waals surface area contributed by atoms with Gasteiger partial charge in [0.2, 0.25) is 0 Å². The number of anilines is 2. The molecule has 0 saturated carbocycles. The largest absolute Gasteiger partial charge is 0.456 e. The molecule has 3 aromatic rings. The van der Waals surface area contributed by atoms with Crippen LogP contribution in [0.1, 0.15) is 16.1 Å². The fourth-order valence-electron chi connectivity index (χ4n) is 2.60. The van der Waals surface area contributed by atoms with Gasteiger partial charge in [0, 0.05) is 18.4 Å². The Kier molecular flexibility index (Phi) is 6.25. The number of hydrogen-bond acceptors (Lipinski definition) is 3. The van der Waals surface area contributed by atoms with E-state index < -0.39 is 5.97 Å². The van der Waals surface area contributed by atoms with Crippen LogP contribution in [0.2, 0.25) is 0 Å². The van der Waals surface area contributed by atoms with Gasteiger partial charge < -0.3 is 15.0 Å². The third-order valence-corrected chi connectivity index (χ3v) is 3.99. The van der Waals surface area contributed by atoms with Crippen molar-refractivity contribution in [3.63, 3.8) is 0 Å². The molecule has 0 spiro atoms. The fraction of sp³-hybridized carbons (Fsp3) is 0.0909. The lowest BCUT2D eigenvalue weighted by Gasteiger charge is -2.20. The van der Waals surface area contributed by atoms with Gasteiger partial charge in [0.15, 0.2) is 0 Å². The maximum atomic E-state index is 12.6. The van der Waals surface area contributed by atoms with Gasteiger partial charge in [-0.25, -0.2) is 9.59 Å². The summed E-state index contributed by atoms with van der Waals surface area (Å²) in [5.41, 5.74) is 2.39. The lowest BCUT2D eigenvalue weighted by molar-refractivity contribution is 0.0466. The van der Waals surface area contributed by atoms with Crippen LogP contribution in [0, 0.1) is 0 Å². The first kappa shape index (κ1) is 19.0. The van der Waals surface area contributed by atoms with Crippen LogP contribution in [0.5, 0.6) is 0 Å². The molecule has 1 aromatic heterocycles. The molecule has 142 valence electrons. The number of H-pyrrole nitrogens is 1. The lowest BCUT2D eigenvalue weighted by Crippen LogP contribution is -2.34. The molecule has 0 fully saturated rings. The molecule has 0 radical (unpaired) electrons. The molecule has 0 bridgehead atoms. The third-order valence-electron chi connectivity index (χ3n) is 3.99. The highest BCUT2D eigenvalue weighted by Gasteiger charge is 2.18. The zero-order valence-corrected chi connectivity index (χ0v) is 15.3. The number of aromatic nitrogens is 1. The summed E-state index contributed by atoms with van der Waals surface area (Å²) in [5, 5.41) is 2.82. The number of nitrogens with one attached hydrogen (secondary N) is 2. The number of rotatable bonds is 7. The molecule has 0 aliphatic rings. The summed E-state index contributed by atoms with van der Waals surface area (Å²) in [6.45, 7) is 4.16. The second-order valence-electron chi connectivity index (χ2n) is 6.03. The van der Waals surface area contributed by atoms with Gasteiger partial charge in [-0.3, -0.25) is 4.90 Å². The quantitative estimate of drug-likeness (QED) is 0.468. The first-order valence-electron chi connectivity index (χ1n) is 8.81. The van der Waals surface area contributed by atoms with E-state index in [1.165, 1.54) is 4.90 Å². The molecule has 0 unspecified atom stereocenters. The molecule has 0 atom stereocenters. The SMILES string of the molecule is C=CCN(C(=O)Nc1ccccc1)c1c[nH]c(C(=O)OCc2ccccc2)c1. The average Bonchev–Trinajstić information content (AvgIpc) is 3.21. The van der Waals surface area contributed by atoms with E-state index in [-0.39, 0.29) is 24.9 Å². The van der Waals surface area contributed by atoms with Crippen molar-refractivity contribution in [1.82, 2.24) is 4.98 Å². The third kappa shape index (κ3) is 4.88. The molecule has 6 nitrogen and oxygen atoms in total. The standard InChI is InChI=1S/C22H21N3O3/c1-2-13-25(22(27)24-18-11-7-4-8-12-18)19-14-20(23-15-19)21(26)28-16-17-9-5-3-6-10-17/h2-12,14-15,23H,1,13,16H2,(H,24,27). The number of esters is 1. The normalized spacial score (nSPS) is 10.1. The van der Waals surface area contributed by atoms with Gasteiger partial charge in [-0.2, -0.15) is 0 Å². The van der Waals surface area contributed by atoms with E-state index in [0.717, 1.165) is 5.56 Å². The smallest absolute Gasteiger partial charge is 0.355 e. The van der Waals surface area contributed by atoms with Crippen LogP contribution in [0.15, 0.2) is 85.6 Å². The number of carbonyl (C=O) groups excluding carboxylic acids is 2. The number of benzene rings is 2. The van der Waals surface area contributed by atoms with E-state index in [2.05, 4.69) is 16.9 Å². The zero-order valence-electron chi connectivity index (χ0n) is 15.3. The average molecular weight is 375 g/mol. The second kappa shape index (κ2) is 9.23. The Morgan fingerprint density at radius 3 is 2.43 bits per heavy atom. The number of ether oxygens (including phenoxy) is 1. The minimum atomic E-state index is -0.489. The van der Waals surface area contributed by atoms with Crippen molar-refractivity contribution in [1.29, 1.82) is 0 Å². The van der Waals surface area contributed by atoms with Crippen LogP contribution in [-0.2, 0) is 11.3 Å². The highest BCUT2D eigenvalue weighted by Crippen LogP contribution is 2.19. The molecule has 2 aromatic carbocycles. The van der Waals surface area contributed by atoms with E-state index in [1.807, 2.05) is 48.5 Å². The topological polar surface area (TPSA) is 74.4 Å². The molecular formula is C22H21N3O3. The summed E-state index contributed by atoms with van der Waals surface area (Å²) >= 11 is 0. The predicted molar refractivity (Wildman–Crippen MR) is 109 cm³/mol. The summed E-state index contributed by atoms with van der Waals surface area (Å²) in [6, 6.07) is 19.8. The summed E-state index contributed by atoms with van der Waals surface area (Å²) in [6.07, 6.45) is 3.21.